The van der Waals surface area contributed by atoms with Gasteiger partial charge in [0.15, 0.2) is 0 Å². The van der Waals surface area contributed by atoms with E-state index in [2.05, 4.69) is 0 Å². The molecule has 11 heteroatoms. The minimum atomic E-state index is -5.38. The van der Waals surface area contributed by atoms with Crippen molar-refractivity contribution in [1.82, 2.24) is 4.90 Å². The second-order valence-electron chi connectivity index (χ2n) is 4.61. The molecule has 0 radical (unpaired) electrons. The molecule has 1 fully saturated rings. The summed E-state index contributed by atoms with van der Waals surface area (Å²) in [5.74, 6) is -5.23. The van der Waals surface area contributed by atoms with Crippen LogP contribution in [0.3, 0.4) is 0 Å². The first-order valence-corrected chi connectivity index (χ1v) is 5.52. The highest BCUT2D eigenvalue weighted by Gasteiger charge is 2.53. The number of likely N-dealkylation sites (tertiary alicyclic amines) is 1. The van der Waals surface area contributed by atoms with E-state index in [4.69, 9.17) is 0 Å². The highest BCUT2D eigenvalue weighted by molar-refractivity contribution is 5.07. The van der Waals surface area contributed by atoms with E-state index in [0.29, 0.717) is 0 Å². The molecule has 2 atom stereocenters. The Morgan fingerprint density at radius 1 is 0.810 bits per heavy atom. The first-order chi connectivity index (χ1) is 9.26. The van der Waals surface area contributed by atoms with Crippen LogP contribution >= 0.6 is 0 Å². The van der Waals surface area contributed by atoms with Crippen molar-refractivity contribution < 1.29 is 43.9 Å². The highest BCUT2D eigenvalue weighted by Crippen LogP contribution is 2.43. The maximum absolute atomic E-state index is 12.6. The van der Waals surface area contributed by atoms with Gasteiger partial charge in [0.25, 0.3) is 0 Å². The van der Waals surface area contributed by atoms with Gasteiger partial charge in [-0.1, -0.05) is 0 Å². The summed E-state index contributed by atoms with van der Waals surface area (Å²) in [6, 6.07) is 0. The number of nitrogens with zero attached hydrogens (tertiary/aromatic N) is 1. The van der Waals surface area contributed by atoms with E-state index in [1.807, 2.05) is 0 Å². The average Bonchev–Trinajstić information content (AvgIpc) is 2.25. The molecule has 1 aliphatic rings. The fourth-order valence-corrected chi connectivity index (χ4v) is 2.08. The van der Waals surface area contributed by atoms with Crippen LogP contribution in [-0.4, -0.2) is 36.5 Å². The molecule has 0 aromatic heterocycles. The van der Waals surface area contributed by atoms with Crippen LogP contribution in [0.1, 0.15) is 6.42 Å². The number of halogens is 10. The van der Waals surface area contributed by atoms with Crippen LogP contribution in [0.5, 0.6) is 0 Å². The van der Waals surface area contributed by atoms with Crippen molar-refractivity contribution in [3.05, 3.63) is 12.0 Å². The van der Waals surface area contributed by atoms with E-state index >= 15 is 0 Å². The molecule has 0 aliphatic carbocycles. The van der Waals surface area contributed by atoms with Gasteiger partial charge in [0, 0.05) is 13.1 Å². The smallest absolute Gasteiger partial charge is 0.364 e. The quantitative estimate of drug-likeness (QED) is 0.642. The van der Waals surface area contributed by atoms with Crippen molar-refractivity contribution >= 4 is 0 Å². The lowest BCUT2D eigenvalue weighted by atomic mass is 9.88. The minimum Gasteiger partial charge on any atom is -0.364 e. The number of alkyl halides is 9. The van der Waals surface area contributed by atoms with E-state index in [1.54, 1.807) is 0 Å². The number of allylic oxidation sites excluding steroid dienone is 1. The lowest BCUT2D eigenvalue weighted by Gasteiger charge is -2.41. The second-order valence-corrected chi connectivity index (χ2v) is 4.61. The van der Waals surface area contributed by atoms with Crippen LogP contribution in [0.4, 0.5) is 43.9 Å². The number of hydrogen-bond acceptors (Lipinski definition) is 1. The Morgan fingerprint density at radius 3 is 1.43 bits per heavy atom. The second kappa shape index (κ2) is 5.56. The molecule has 124 valence electrons. The summed E-state index contributed by atoms with van der Waals surface area (Å²) in [4.78, 5) is -0.250. The summed E-state index contributed by atoms with van der Waals surface area (Å²) in [7, 11) is 0. The first kappa shape index (κ1) is 17.9. The van der Waals surface area contributed by atoms with Crippen molar-refractivity contribution in [2.24, 2.45) is 11.8 Å². The van der Waals surface area contributed by atoms with E-state index in [0.717, 1.165) is 0 Å². The Hall–Kier alpha value is -1.16. The van der Waals surface area contributed by atoms with Gasteiger partial charge in [-0.25, -0.2) is 4.39 Å². The van der Waals surface area contributed by atoms with Gasteiger partial charge in [-0.2, -0.15) is 39.5 Å². The lowest BCUT2D eigenvalue weighted by molar-refractivity contribution is -0.233. The molecule has 0 amide bonds. The average molecular weight is 333 g/mol. The van der Waals surface area contributed by atoms with Crippen LogP contribution in [0, 0.1) is 11.8 Å². The zero-order valence-electron chi connectivity index (χ0n) is 10.1. The molecule has 1 rings (SSSR count). The molecule has 0 aromatic carbocycles. The summed E-state index contributed by atoms with van der Waals surface area (Å²) in [6.07, 6.45) is -18.0. The normalized spacial score (nSPS) is 26.2. The zero-order valence-corrected chi connectivity index (χ0v) is 10.1. The molecule has 21 heavy (non-hydrogen) atoms. The molecule has 0 aromatic rings. The van der Waals surface area contributed by atoms with Crippen molar-refractivity contribution in [2.45, 2.75) is 24.9 Å². The van der Waals surface area contributed by atoms with Crippen LogP contribution in [-0.2, 0) is 0 Å². The van der Waals surface area contributed by atoms with Gasteiger partial charge >= 0.3 is 18.5 Å². The predicted octanol–water partition coefficient (Wildman–Crippen LogP) is 4.42. The molecule has 0 bridgehead atoms. The van der Waals surface area contributed by atoms with Crippen molar-refractivity contribution in [2.75, 3.05) is 13.1 Å². The van der Waals surface area contributed by atoms with Crippen molar-refractivity contribution in [3.8, 4) is 0 Å². The first-order valence-electron chi connectivity index (χ1n) is 5.52. The van der Waals surface area contributed by atoms with Gasteiger partial charge in [0.1, 0.15) is 12.0 Å². The third-order valence-corrected chi connectivity index (χ3v) is 3.11. The Balaban J connectivity index is 3.10. The maximum atomic E-state index is 12.6. The highest BCUT2D eigenvalue weighted by atomic mass is 19.4. The Morgan fingerprint density at radius 2 is 1.19 bits per heavy atom. The summed E-state index contributed by atoms with van der Waals surface area (Å²) in [5, 5.41) is 0. The minimum absolute atomic E-state index is 0.250. The molecular weight excluding hydrogens is 324 g/mol. The van der Waals surface area contributed by atoms with E-state index in [-0.39, 0.29) is 4.90 Å². The van der Waals surface area contributed by atoms with Gasteiger partial charge in [-0.15, -0.1) is 0 Å². The molecule has 1 nitrogen and oxygen atoms in total. The van der Waals surface area contributed by atoms with Crippen LogP contribution in [0.2, 0.25) is 0 Å². The number of hydrogen-bond donors (Lipinski definition) is 0. The number of rotatable bonds is 1. The summed E-state index contributed by atoms with van der Waals surface area (Å²) < 4.78 is 125. The topological polar surface area (TPSA) is 3.24 Å². The third-order valence-electron chi connectivity index (χ3n) is 3.11. The van der Waals surface area contributed by atoms with Crippen LogP contribution < -0.4 is 0 Å². The Labute approximate surface area is 112 Å². The molecule has 1 aliphatic heterocycles. The van der Waals surface area contributed by atoms with Gasteiger partial charge in [-0.3, -0.25) is 0 Å². The fraction of sp³-hybridized carbons (Fsp3) is 0.800. The largest absolute Gasteiger partial charge is 0.433 e. The Bertz CT molecular complexity index is 368. The molecule has 2 unspecified atom stereocenters. The van der Waals surface area contributed by atoms with Crippen LogP contribution in [0.25, 0.3) is 0 Å². The summed E-state index contributed by atoms with van der Waals surface area (Å²) in [6.45, 7) is -2.74. The van der Waals surface area contributed by atoms with E-state index < -0.39 is 61.9 Å². The fourth-order valence-electron chi connectivity index (χ4n) is 2.08. The predicted molar refractivity (Wildman–Crippen MR) is 50.5 cm³/mol. The monoisotopic (exact) mass is 333 g/mol. The maximum Gasteiger partial charge on any atom is 0.433 e. The van der Waals surface area contributed by atoms with Crippen molar-refractivity contribution in [3.63, 3.8) is 0 Å². The molecule has 1 saturated heterocycles. The van der Waals surface area contributed by atoms with Crippen molar-refractivity contribution in [1.29, 1.82) is 0 Å². The van der Waals surface area contributed by atoms with Gasteiger partial charge in [-0.05, 0) is 6.42 Å². The van der Waals surface area contributed by atoms with E-state index in [9.17, 15) is 43.9 Å². The number of piperidine rings is 1. The summed E-state index contributed by atoms with van der Waals surface area (Å²) in [5.41, 5.74) is -2.15. The lowest BCUT2D eigenvalue weighted by Crippen LogP contribution is -2.50. The standard InChI is InChI=1S/C10H9F10N/c11-2-7(10(18,19)20)21-3-5(8(12,13)14)1-6(4-21)9(15,16)17/h2,5-6H,1,3-4H2/b7-2-. The summed E-state index contributed by atoms with van der Waals surface area (Å²) >= 11 is 0. The Kier molecular flexibility index (Phi) is 4.74. The van der Waals surface area contributed by atoms with E-state index in [1.165, 1.54) is 0 Å². The van der Waals surface area contributed by atoms with Gasteiger partial charge < -0.3 is 4.90 Å². The zero-order chi connectivity index (χ0) is 16.6. The molecule has 0 N–H and O–H groups in total. The van der Waals surface area contributed by atoms with Gasteiger partial charge in [0.2, 0.25) is 0 Å². The third kappa shape index (κ3) is 4.40. The van der Waals surface area contributed by atoms with Crippen LogP contribution in [0.15, 0.2) is 12.0 Å². The molecular formula is C10H9F10N. The van der Waals surface area contributed by atoms with Gasteiger partial charge in [0.05, 0.1) is 11.8 Å². The molecule has 0 spiro atoms. The molecule has 0 saturated carbocycles. The SMILES string of the molecule is F/C=C(\N1CC(C(F)(F)F)CC(C(F)(F)F)C1)C(F)(F)F. The molecule has 1 heterocycles.